The summed E-state index contributed by atoms with van der Waals surface area (Å²) in [7, 11) is 0. The van der Waals surface area contributed by atoms with Crippen LogP contribution in [0.4, 0.5) is 5.82 Å². The zero-order valence-corrected chi connectivity index (χ0v) is 19.5. The molecule has 9 heteroatoms. The summed E-state index contributed by atoms with van der Waals surface area (Å²) in [6.45, 7) is 3.18. The predicted molar refractivity (Wildman–Crippen MR) is 127 cm³/mol. The predicted octanol–water partition coefficient (Wildman–Crippen LogP) is 3.05. The third-order valence-corrected chi connectivity index (χ3v) is 6.85. The summed E-state index contributed by atoms with van der Waals surface area (Å²) in [6.07, 6.45) is 8.06. The molecule has 34 heavy (non-hydrogen) atoms. The molecule has 0 aromatic carbocycles. The van der Waals surface area contributed by atoms with Gasteiger partial charge in [0.25, 0.3) is 0 Å². The van der Waals surface area contributed by atoms with Crippen molar-refractivity contribution in [1.82, 2.24) is 14.9 Å². The molecule has 180 valence electrons. The lowest BCUT2D eigenvalue weighted by Crippen LogP contribution is -2.41. The summed E-state index contributed by atoms with van der Waals surface area (Å²) in [5.74, 6) is 0.581. The highest BCUT2D eigenvalue weighted by Crippen LogP contribution is 2.35. The van der Waals surface area contributed by atoms with Crippen LogP contribution < -0.4 is 11.1 Å². The van der Waals surface area contributed by atoms with Gasteiger partial charge in [-0.1, -0.05) is 6.92 Å². The quantitative estimate of drug-likeness (QED) is 0.601. The molecule has 0 spiro atoms. The summed E-state index contributed by atoms with van der Waals surface area (Å²) in [5, 5.41) is 13.2. The molecule has 3 amide bonds. The number of anilines is 1. The number of nitrogens with two attached hydrogens (primary N) is 1. The Morgan fingerprint density at radius 3 is 2.41 bits per heavy atom. The van der Waals surface area contributed by atoms with Crippen molar-refractivity contribution in [1.29, 1.82) is 5.26 Å². The minimum atomic E-state index is -0.543. The first-order chi connectivity index (χ1) is 16.4. The van der Waals surface area contributed by atoms with Crippen molar-refractivity contribution < 1.29 is 14.4 Å². The number of carbonyl (C=O) groups excluding carboxylic acids is 3. The lowest BCUT2D eigenvalue weighted by atomic mass is 9.87. The van der Waals surface area contributed by atoms with E-state index in [4.69, 9.17) is 11.0 Å². The fourth-order valence-corrected chi connectivity index (χ4v) is 4.36. The average Bonchev–Trinajstić information content (AvgIpc) is 3.76. The number of hydrogen-bond acceptors (Lipinski definition) is 5. The monoisotopic (exact) mass is 464 g/mol. The molecule has 3 aliphatic rings. The zero-order chi connectivity index (χ0) is 24.2. The zero-order valence-electron chi connectivity index (χ0n) is 19.5. The van der Waals surface area contributed by atoms with Gasteiger partial charge in [0.05, 0.1) is 6.07 Å². The Bertz CT molecular complexity index is 1100. The SMILES string of the molecule is CCC(C#N)C(=O)N1CCC(c2cc(NC(=O)C3CC3)nc3[nH]ccc23)CC1.NC(=O)C1CC1. The van der Waals surface area contributed by atoms with Gasteiger partial charge in [-0.2, -0.15) is 5.26 Å². The molecule has 5 rings (SSSR count). The van der Waals surface area contributed by atoms with Crippen molar-refractivity contribution in [3.05, 3.63) is 23.9 Å². The number of H-pyrrole nitrogens is 1. The first kappa shape index (κ1) is 23.7. The van der Waals surface area contributed by atoms with Gasteiger partial charge in [0.15, 0.2) is 0 Å². The smallest absolute Gasteiger partial charge is 0.239 e. The lowest BCUT2D eigenvalue weighted by Gasteiger charge is -2.33. The Morgan fingerprint density at radius 1 is 1.21 bits per heavy atom. The summed E-state index contributed by atoms with van der Waals surface area (Å²) in [5.41, 5.74) is 6.80. The number of nitrogens with zero attached hydrogens (tertiary/aromatic N) is 3. The molecule has 2 aromatic rings. The van der Waals surface area contributed by atoms with E-state index in [0.717, 1.165) is 55.1 Å². The van der Waals surface area contributed by atoms with Crippen LogP contribution in [0.1, 0.15) is 63.4 Å². The van der Waals surface area contributed by atoms with Crippen LogP contribution in [0.15, 0.2) is 18.3 Å². The Kier molecular flexibility index (Phi) is 7.15. The molecule has 0 radical (unpaired) electrons. The number of nitrogens with one attached hydrogen (secondary N) is 2. The van der Waals surface area contributed by atoms with Crippen molar-refractivity contribution in [3.63, 3.8) is 0 Å². The molecular formula is C25H32N6O3. The van der Waals surface area contributed by atoms with Crippen LogP contribution >= 0.6 is 0 Å². The molecular weight excluding hydrogens is 432 g/mol. The second-order valence-corrected chi connectivity index (χ2v) is 9.47. The van der Waals surface area contributed by atoms with Gasteiger partial charge in [0.2, 0.25) is 17.7 Å². The van der Waals surface area contributed by atoms with E-state index in [-0.39, 0.29) is 29.6 Å². The first-order valence-electron chi connectivity index (χ1n) is 12.2. The number of amides is 3. The molecule has 9 nitrogen and oxygen atoms in total. The fraction of sp³-hybridized carbons (Fsp3) is 0.560. The minimum absolute atomic E-state index is 0.0480. The van der Waals surface area contributed by atoms with E-state index in [1.165, 1.54) is 0 Å². The highest BCUT2D eigenvalue weighted by Gasteiger charge is 2.31. The van der Waals surface area contributed by atoms with E-state index < -0.39 is 5.92 Å². The number of aromatic nitrogens is 2. The number of piperidine rings is 1. The number of likely N-dealkylation sites (tertiary alicyclic amines) is 1. The number of rotatable bonds is 6. The molecule has 1 saturated heterocycles. The fourth-order valence-electron chi connectivity index (χ4n) is 4.36. The van der Waals surface area contributed by atoms with Gasteiger partial charge in [-0.15, -0.1) is 0 Å². The van der Waals surface area contributed by atoms with Crippen LogP contribution in [0.3, 0.4) is 0 Å². The molecule has 3 heterocycles. The first-order valence-corrected chi connectivity index (χ1v) is 12.2. The average molecular weight is 465 g/mol. The maximum Gasteiger partial charge on any atom is 0.239 e. The van der Waals surface area contributed by atoms with Crippen LogP contribution in [-0.4, -0.2) is 45.7 Å². The summed E-state index contributed by atoms with van der Waals surface area (Å²) < 4.78 is 0. The second-order valence-electron chi connectivity index (χ2n) is 9.47. The van der Waals surface area contributed by atoms with E-state index in [2.05, 4.69) is 21.4 Å². The summed E-state index contributed by atoms with van der Waals surface area (Å²) >= 11 is 0. The maximum absolute atomic E-state index is 12.5. The van der Waals surface area contributed by atoms with E-state index in [9.17, 15) is 14.4 Å². The van der Waals surface area contributed by atoms with Crippen molar-refractivity contribution in [2.24, 2.45) is 23.5 Å². The third kappa shape index (κ3) is 5.56. The Hall–Kier alpha value is -3.41. The van der Waals surface area contributed by atoms with Crippen molar-refractivity contribution in [2.45, 2.75) is 57.8 Å². The normalized spacial score (nSPS) is 19.0. The van der Waals surface area contributed by atoms with Gasteiger partial charge in [-0.3, -0.25) is 14.4 Å². The molecule has 0 bridgehead atoms. The molecule has 2 saturated carbocycles. The second kappa shape index (κ2) is 10.2. The Labute approximate surface area is 199 Å². The number of hydrogen-bond donors (Lipinski definition) is 3. The van der Waals surface area contributed by atoms with Crippen molar-refractivity contribution in [2.75, 3.05) is 18.4 Å². The molecule has 3 fully saturated rings. The van der Waals surface area contributed by atoms with Crippen molar-refractivity contribution >= 4 is 34.6 Å². The van der Waals surface area contributed by atoms with E-state index in [1.54, 1.807) is 0 Å². The molecule has 1 unspecified atom stereocenters. The van der Waals surface area contributed by atoms with Crippen LogP contribution in [0, 0.1) is 29.1 Å². The number of pyridine rings is 1. The van der Waals surface area contributed by atoms with Crippen molar-refractivity contribution in [3.8, 4) is 6.07 Å². The Morgan fingerprint density at radius 2 is 1.88 bits per heavy atom. The van der Waals surface area contributed by atoms with E-state index in [0.29, 0.717) is 31.2 Å². The molecule has 4 N–H and O–H groups in total. The number of nitriles is 1. The number of carbonyl (C=O) groups is 3. The van der Waals surface area contributed by atoms with Gasteiger partial charge in [0.1, 0.15) is 17.4 Å². The summed E-state index contributed by atoms with van der Waals surface area (Å²) in [4.78, 5) is 44.1. The molecule has 2 aromatic heterocycles. The number of fused-ring (bicyclic) bond motifs is 1. The van der Waals surface area contributed by atoms with Gasteiger partial charge in [-0.25, -0.2) is 4.98 Å². The standard InChI is InChI=1S/C21H25N5O2.C4H7NO/c1-2-13(12-22)21(28)26-9-6-14(7-10-26)17-11-18(25-20(27)15-3-4-15)24-19-16(17)5-8-23-19;5-4(6)3-1-2-3/h5,8,11,13-15H,2-4,6-7,9-10H2,1H3,(H2,23,24,25,27);3H,1-2H2,(H2,5,6). The molecule has 2 aliphatic carbocycles. The van der Waals surface area contributed by atoms with Gasteiger partial charge >= 0.3 is 0 Å². The summed E-state index contributed by atoms with van der Waals surface area (Å²) in [6, 6.07) is 6.12. The Balaban J connectivity index is 0.000000398. The molecule has 1 aliphatic heterocycles. The van der Waals surface area contributed by atoms with Crippen LogP contribution in [-0.2, 0) is 14.4 Å². The van der Waals surface area contributed by atoms with Crippen LogP contribution in [0.2, 0.25) is 0 Å². The largest absolute Gasteiger partial charge is 0.369 e. The van der Waals surface area contributed by atoms with Gasteiger partial charge < -0.3 is 20.9 Å². The van der Waals surface area contributed by atoms with Crippen LogP contribution in [0.5, 0.6) is 0 Å². The highest BCUT2D eigenvalue weighted by atomic mass is 16.2. The molecule has 1 atom stereocenters. The minimum Gasteiger partial charge on any atom is -0.369 e. The van der Waals surface area contributed by atoms with Crippen LogP contribution in [0.25, 0.3) is 11.0 Å². The van der Waals surface area contributed by atoms with E-state index in [1.807, 2.05) is 30.2 Å². The third-order valence-electron chi connectivity index (χ3n) is 6.85. The topological polar surface area (TPSA) is 145 Å². The number of primary amides is 1. The lowest BCUT2D eigenvalue weighted by molar-refractivity contribution is -0.135. The van der Waals surface area contributed by atoms with Gasteiger partial charge in [-0.05, 0) is 68.6 Å². The number of aromatic amines is 1. The highest BCUT2D eigenvalue weighted by molar-refractivity contribution is 5.94. The maximum atomic E-state index is 12.5. The van der Waals surface area contributed by atoms with E-state index >= 15 is 0 Å². The van der Waals surface area contributed by atoms with Gasteiger partial charge in [0, 0.05) is 36.5 Å².